The van der Waals surface area contributed by atoms with Gasteiger partial charge in [-0.15, -0.1) is 0 Å². The number of nitrogens with one attached hydrogen (secondary N) is 2. The highest BCUT2D eigenvalue weighted by Crippen LogP contribution is 2.39. The Labute approximate surface area is 125 Å². The minimum absolute atomic E-state index is 0.0737. The van der Waals surface area contributed by atoms with E-state index in [1.165, 1.54) is 24.0 Å². The molecule has 1 aromatic carbocycles. The van der Waals surface area contributed by atoms with Crippen LogP contribution in [0.2, 0.25) is 0 Å². The minimum Gasteiger partial charge on any atom is -0.376 e. The Balaban J connectivity index is 1.48. The number of benzene rings is 1. The number of hydrogen-bond acceptors (Lipinski definition) is 3. The van der Waals surface area contributed by atoms with E-state index in [-0.39, 0.29) is 24.0 Å². The van der Waals surface area contributed by atoms with Gasteiger partial charge in [0.2, 0.25) is 5.91 Å². The molecule has 2 heterocycles. The van der Waals surface area contributed by atoms with E-state index in [2.05, 4.69) is 22.8 Å². The van der Waals surface area contributed by atoms with Crippen molar-refractivity contribution in [3.05, 3.63) is 35.4 Å². The van der Waals surface area contributed by atoms with E-state index in [1.807, 2.05) is 12.1 Å². The predicted molar refractivity (Wildman–Crippen MR) is 79.9 cm³/mol. The first-order chi connectivity index (χ1) is 10.3. The van der Waals surface area contributed by atoms with Crippen LogP contribution in [0.25, 0.3) is 0 Å². The van der Waals surface area contributed by atoms with Crippen molar-refractivity contribution in [2.45, 2.75) is 43.9 Å². The second-order valence-electron chi connectivity index (χ2n) is 6.46. The Morgan fingerprint density at radius 2 is 2.10 bits per heavy atom. The SMILES string of the molecule is O=C(NC1CCOC1C1CC1)C1CNCc2ccccc21. The molecule has 112 valence electrons. The number of ether oxygens (including phenoxy) is 1. The quantitative estimate of drug-likeness (QED) is 0.886. The lowest BCUT2D eigenvalue weighted by atomic mass is 9.89. The summed E-state index contributed by atoms with van der Waals surface area (Å²) in [7, 11) is 0. The summed E-state index contributed by atoms with van der Waals surface area (Å²) < 4.78 is 5.82. The predicted octanol–water partition coefficient (Wildman–Crippen LogP) is 1.56. The standard InChI is InChI=1S/C17H22N2O2/c20-17(19-15-7-8-21-16(15)11-5-6-11)14-10-18-9-12-3-1-2-4-13(12)14/h1-4,11,14-16,18H,5-10H2,(H,19,20). The third kappa shape index (κ3) is 2.58. The number of hydrogen-bond donors (Lipinski definition) is 2. The number of carbonyl (C=O) groups excluding carboxylic acids is 1. The van der Waals surface area contributed by atoms with Crippen LogP contribution in [0.15, 0.2) is 24.3 Å². The molecule has 1 saturated heterocycles. The van der Waals surface area contributed by atoms with Gasteiger partial charge in [0.1, 0.15) is 0 Å². The highest BCUT2D eigenvalue weighted by Gasteiger charge is 2.42. The fraction of sp³-hybridized carbons (Fsp3) is 0.588. The Hall–Kier alpha value is -1.39. The van der Waals surface area contributed by atoms with Crippen molar-refractivity contribution in [2.75, 3.05) is 13.2 Å². The normalized spacial score (nSPS) is 31.7. The molecule has 1 saturated carbocycles. The van der Waals surface area contributed by atoms with Crippen LogP contribution in [-0.4, -0.2) is 31.2 Å². The molecule has 2 fully saturated rings. The van der Waals surface area contributed by atoms with Gasteiger partial charge in [-0.05, 0) is 36.3 Å². The van der Waals surface area contributed by atoms with Crippen LogP contribution in [0.1, 0.15) is 36.3 Å². The van der Waals surface area contributed by atoms with Crippen molar-refractivity contribution < 1.29 is 9.53 Å². The van der Waals surface area contributed by atoms with Crippen LogP contribution >= 0.6 is 0 Å². The number of amides is 1. The molecule has 1 aromatic rings. The second-order valence-corrected chi connectivity index (χ2v) is 6.46. The largest absolute Gasteiger partial charge is 0.376 e. The van der Waals surface area contributed by atoms with E-state index in [4.69, 9.17) is 4.74 Å². The maximum atomic E-state index is 12.7. The van der Waals surface area contributed by atoms with Gasteiger partial charge in [0, 0.05) is 19.7 Å². The second kappa shape index (κ2) is 5.43. The molecule has 1 aliphatic carbocycles. The number of fused-ring (bicyclic) bond motifs is 1. The van der Waals surface area contributed by atoms with Crippen LogP contribution < -0.4 is 10.6 Å². The van der Waals surface area contributed by atoms with Crippen LogP contribution in [0, 0.1) is 5.92 Å². The summed E-state index contributed by atoms with van der Waals surface area (Å²) >= 11 is 0. The van der Waals surface area contributed by atoms with Crippen molar-refractivity contribution in [1.82, 2.24) is 10.6 Å². The van der Waals surface area contributed by atoms with Crippen LogP contribution in [0.4, 0.5) is 0 Å². The molecule has 0 radical (unpaired) electrons. The molecule has 4 rings (SSSR count). The van der Waals surface area contributed by atoms with Gasteiger partial charge in [0.05, 0.1) is 18.1 Å². The van der Waals surface area contributed by atoms with E-state index < -0.39 is 0 Å². The molecule has 4 nitrogen and oxygen atoms in total. The molecule has 3 aliphatic rings. The fourth-order valence-corrected chi connectivity index (χ4v) is 3.67. The van der Waals surface area contributed by atoms with E-state index in [0.717, 1.165) is 26.1 Å². The third-order valence-electron chi connectivity index (χ3n) is 4.96. The Bertz CT molecular complexity index is 541. The van der Waals surface area contributed by atoms with Crippen molar-refractivity contribution in [3.63, 3.8) is 0 Å². The van der Waals surface area contributed by atoms with Gasteiger partial charge in [0.25, 0.3) is 0 Å². The lowest BCUT2D eigenvalue weighted by Crippen LogP contribution is -2.46. The summed E-state index contributed by atoms with van der Waals surface area (Å²) in [5.41, 5.74) is 2.42. The Morgan fingerprint density at radius 1 is 1.24 bits per heavy atom. The molecular formula is C17H22N2O2. The van der Waals surface area contributed by atoms with Gasteiger partial charge in [-0.2, -0.15) is 0 Å². The Kier molecular flexibility index (Phi) is 3.43. The zero-order chi connectivity index (χ0) is 14.2. The molecular weight excluding hydrogens is 264 g/mol. The molecule has 2 aliphatic heterocycles. The smallest absolute Gasteiger partial charge is 0.229 e. The molecule has 3 atom stereocenters. The number of rotatable bonds is 3. The summed E-state index contributed by atoms with van der Waals surface area (Å²) in [6, 6.07) is 8.46. The number of carbonyl (C=O) groups is 1. The van der Waals surface area contributed by atoms with E-state index in [0.29, 0.717) is 5.92 Å². The van der Waals surface area contributed by atoms with E-state index in [9.17, 15) is 4.79 Å². The van der Waals surface area contributed by atoms with E-state index >= 15 is 0 Å². The average Bonchev–Trinajstić information content (AvgIpc) is 3.26. The fourth-order valence-electron chi connectivity index (χ4n) is 3.67. The molecule has 21 heavy (non-hydrogen) atoms. The zero-order valence-corrected chi connectivity index (χ0v) is 12.2. The summed E-state index contributed by atoms with van der Waals surface area (Å²) in [6.45, 7) is 2.37. The average molecular weight is 286 g/mol. The van der Waals surface area contributed by atoms with Gasteiger partial charge in [-0.25, -0.2) is 0 Å². The first kappa shape index (κ1) is 13.3. The molecule has 2 N–H and O–H groups in total. The maximum Gasteiger partial charge on any atom is 0.229 e. The zero-order valence-electron chi connectivity index (χ0n) is 12.2. The van der Waals surface area contributed by atoms with Crippen LogP contribution in [0.3, 0.4) is 0 Å². The Morgan fingerprint density at radius 3 is 2.95 bits per heavy atom. The van der Waals surface area contributed by atoms with Crippen molar-refractivity contribution in [2.24, 2.45) is 5.92 Å². The van der Waals surface area contributed by atoms with Crippen molar-refractivity contribution >= 4 is 5.91 Å². The first-order valence-electron chi connectivity index (χ1n) is 8.03. The summed E-state index contributed by atoms with van der Waals surface area (Å²) in [5.74, 6) is 0.751. The lowest BCUT2D eigenvalue weighted by Gasteiger charge is -2.28. The molecule has 0 bridgehead atoms. The molecule has 3 unspecified atom stereocenters. The highest BCUT2D eigenvalue weighted by molar-refractivity contribution is 5.85. The van der Waals surface area contributed by atoms with Gasteiger partial charge in [-0.3, -0.25) is 4.79 Å². The highest BCUT2D eigenvalue weighted by atomic mass is 16.5. The van der Waals surface area contributed by atoms with Gasteiger partial charge in [-0.1, -0.05) is 24.3 Å². The van der Waals surface area contributed by atoms with Crippen LogP contribution in [0.5, 0.6) is 0 Å². The molecule has 0 aromatic heterocycles. The summed E-state index contributed by atoms with van der Waals surface area (Å²) in [6.07, 6.45) is 3.71. The van der Waals surface area contributed by atoms with E-state index in [1.54, 1.807) is 0 Å². The maximum absolute atomic E-state index is 12.7. The summed E-state index contributed by atoms with van der Waals surface area (Å²) in [5, 5.41) is 6.61. The lowest BCUT2D eigenvalue weighted by molar-refractivity contribution is -0.123. The van der Waals surface area contributed by atoms with Crippen molar-refractivity contribution in [3.8, 4) is 0 Å². The van der Waals surface area contributed by atoms with Gasteiger partial charge >= 0.3 is 0 Å². The third-order valence-corrected chi connectivity index (χ3v) is 4.96. The van der Waals surface area contributed by atoms with Gasteiger partial charge < -0.3 is 15.4 Å². The topological polar surface area (TPSA) is 50.4 Å². The van der Waals surface area contributed by atoms with Gasteiger partial charge in [0.15, 0.2) is 0 Å². The molecule has 1 amide bonds. The molecule has 4 heteroatoms. The monoisotopic (exact) mass is 286 g/mol. The van der Waals surface area contributed by atoms with Crippen LogP contribution in [-0.2, 0) is 16.1 Å². The first-order valence-corrected chi connectivity index (χ1v) is 8.03. The minimum atomic E-state index is -0.0737. The summed E-state index contributed by atoms with van der Waals surface area (Å²) in [4.78, 5) is 12.7. The molecule has 0 spiro atoms. The van der Waals surface area contributed by atoms with Crippen molar-refractivity contribution in [1.29, 1.82) is 0 Å².